The zero-order chi connectivity index (χ0) is 23.5. The number of nitrogens with zero attached hydrogens (tertiary/aromatic N) is 2. The Morgan fingerprint density at radius 1 is 0.971 bits per heavy atom. The SMILES string of the molecule is COc1ccc([C@@H]2CC(c3ccc4ccccc4c3O)=NN2C(=O)/C=C/c2ccccc2)cc1. The molecule has 1 aliphatic heterocycles. The highest BCUT2D eigenvalue weighted by atomic mass is 16.5. The maximum atomic E-state index is 13.2. The monoisotopic (exact) mass is 448 g/mol. The van der Waals surface area contributed by atoms with Crippen LogP contribution in [0.2, 0.25) is 0 Å². The highest BCUT2D eigenvalue weighted by molar-refractivity contribution is 6.09. The van der Waals surface area contributed by atoms with Crippen LogP contribution in [-0.2, 0) is 4.79 Å². The molecule has 0 aliphatic carbocycles. The lowest BCUT2D eigenvalue weighted by Crippen LogP contribution is -2.25. The van der Waals surface area contributed by atoms with E-state index in [1.165, 1.54) is 5.01 Å². The Morgan fingerprint density at radius 3 is 2.47 bits per heavy atom. The van der Waals surface area contributed by atoms with Gasteiger partial charge in [-0.2, -0.15) is 5.10 Å². The van der Waals surface area contributed by atoms with Crippen molar-refractivity contribution in [1.29, 1.82) is 0 Å². The average molecular weight is 449 g/mol. The number of carbonyl (C=O) groups excluding carboxylic acids is 1. The first kappa shape index (κ1) is 21.5. The van der Waals surface area contributed by atoms with Crippen molar-refractivity contribution >= 4 is 28.5 Å². The van der Waals surface area contributed by atoms with Gasteiger partial charge in [0.15, 0.2) is 0 Å². The van der Waals surface area contributed by atoms with E-state index in [4.69, 9.17) is 9.84 Å². The molecule has 1 amide bonds. The minimum Gasteiger partial charge on any atom is -0.507 e. The van der Waals surface area contributed by atoms with Crippen LogP contribution in [0.1, 0.15) is 29.2 Å². The Bertz CT molecular complexity index is 1390. The van der Waals surface area contributed by atoms with E-state index in [1.807, 2.05) is 91.0 Å². The van der Waals surface area contributed by atoms with Crippen molar-refractivity contribution in [2.45, 2.75) is 12.5 Å². The second-order valence-electron chi connectivity index (χ2n) is 8.15. The number of phenols is 1. The Morgan fingerprint density at radius 2 is 1.71 bits per heavy atom. The summed E-state index contributed by atoms with van der Waals surface area (Å²) in [4.78, 5) is 13.2. The van der Waals surface area contributed by atoms with Crippen molar-refractivity contribution in [3.63, 3.8) is 0 Å². The zero-order valence-corrected chi connectivity index (χ0v) is 18.8. The molecule has 4 aromatic carbocycles. The van der Waals surface area contributed by atoms with Gasteiger partial charge in [-0.1, -0.05) is 72.8 Å². The predicted octanol–water partition coefficient (Wildman–Crippen LogP) is 5.95. The smallest absolute Gasteiger partial charge is 0.267 e. The lowest BCUT2D eigenvalue weighted by Gasteiger charge is -2.21. The van der Waals surface area contributed by atoms with Crippen molar-refractivity contribution in [2.24, 2.45) is 5.10 Å². The third-order valence-electron chi connectivity index (χ3n) is 6.07. The molecule has 4 aromatic rings. The summed E-state index contributed by atoms with van der Waals surface area (Å²) in [7, 11) is 1.62. The third kappa shape index (κ3) is 4.16. The molecule has 1 aliphatic rings. The first-order valence-electron chi connectivity index (χ1n) is 11.1. The lowest BCUT2D eigenvalue weighted by molar-refractivity contribution is -0.127. The highest BCUT2D eigenvalue weighted by Gasteiger charge is 2.33. The fourth-order valence-corrected chi connectivity index (χ4v) is 4.26. The van der Waals surface area contributed by atoms with Crippen molar-refractivity contribution in [2.75, 3.05) is 7.11 Å². The largest absolute Gasteiger partial charge is 0.507 e. The number of hydrogen-bond acceptors (Lipinski definition) is 4. The fraction of sp³-hybridized carbons (Fsp3) is 0.103. The van der Waals surface area contributed by atoms with Gasteiger partial charge in [0.2, 0.25) is 0 Å². The molecule has 1 atom stereocenters. The van der Waals surface area contributed by atoms with Gasteiger partial charge in [-0.15, -0.1) is 0 Å². The van der Waals surface area contributed by atoms with Crippen molar-refractivity contribution < 1.29 is 14.6 Å². The number of methoxy groups -OCH3 is 1. The number of phenolic OH excluding ortho intramolecular Hbond substituents is 1. The first-order valence-corrected chi connectivity index (χ1v) is 11.1. The summed E-state index contributed by atoms with van der Waals surface area (Å²) in [6.45, 7) is 0. The second kappa shape index (κ2) is 9.24. The molecule has 168 valence electrons. The molecule has 0 saturated heterocycles. The van der Waals surface area contributed by atoms with Gasteiger partial charge in [-0.3, -0.25) is 4.79 Å². The van der Waals surface area contributed by atoms with Gasteiger partial charge >= 0.3 is 0 Å². The Hall–Kier alpha value is -4.38. The Kier molecular flexibility index (Phi) is 5.83. The number of amides is 1. The van der Waals surface area contributed by atoms with Crippen LogP contribution in [0.4, 0.5) is 0 Å². The Labute approximate surface area is 198 Å². The summed E-state index contributed by atoms with van der Waals surface area (Å²) in [6.07, 6.45) is 3.82. The molecule has 0 unspecified atom stereocenters. The second-order valence-corrected chi connectivity index (χ2v) is 8.15. The van der Waals surface area contributed by atoms with Crippen LogP contribution in [0, 0.1) is 0 Å². The molecule has 5 nitrogen and oxygen atoms in total. The van der Waals surface area contributed by atoms with Gasteiger partial charge in [0.25, 0.3) is 5.91 Å². The molecule has 0 fully saturated rings. The minimum absolute atomic E-state index is 0.180. The molecule has 5 heteroatoms. The molecular weight excluding hydrogens is 424 g/mol. The zero-order valence-electron chi connectivity index (χ0n) is 18.8. The van der Waals surface area contributed by atoms with E-state index < -0.39 is 0 Å². The van der Waals surface area contributed by atoms with Crippen LogP contribution in [0.3, 0.4) is 0 Å². The van der Waals surface area contributed by atoms with Crippen LogP contribution in [-0.4, -0.2) is 28.8 Å². The quantitative estimate of drug-likeness (QED) is 0.384. The molecular formula is C29H24N2O3. The normalized spacial score (nSPS) is 15.6. The summed E-state index contributed by atoms with van der Waals surface area (Å²) < 4.78 is 5.29. The number of rotatable bonds is 5. The van der Waals surface area contributed by atoms with Gasteiger partial charge < -0.3 is 9.84 Å². The topological polar surface area (TPSA) is 62.1 Å². The molecule has 0 spiro atoms. The number of hydrogen-bond donors (Lipinski definition) is 1. The van der Waals surface area contributed by atoms with Gasteiger partial charge in [0.05, 0.1) is 18.9 Å². The lowest BCUT2D eigenvalue weighted by atomic mass is 9.96. The first-order chi connectivity index (χ1) is 16.6. The molecule has 1 N–H and O–H groups in total. The molecule has 0 bridgehead atoms. The van der Waals surface area contributed by atoms with Crippen molar-refractivity contribution in [3.05, 3.63) is 114 Å². The van der Waals surface area contributed by atoms with Crippen molar-refractivity contribution in [3.8, 4) is 11.5 Å². The maximum absolute atomic E-state index is 13.2. The van der Waals surface area contributed by atoms with Gasteiger partial charge in [-0.25, -0.2) is 5.01 Å². The van der Waals surface area contributed by atoms with Crippen LogP contribution in [0.15, 0.2) is 102 Å². The molecule has 0 saturated carbocycles. The molecule has 34 heavy (non-hydrogen) atoms. The molecule has 1 heterocycles. The summed E-state index contributed by atoms with van der Waals surface area (Å²) >= 11 is 0. The molecule has 0 aromatic heterocycles. The predicted molar refractivity (Wildman–Crippen MR) is 135 cm³/mol. The minimum atomic E-state index is -0.292. The van der Waals surface area contributed by atoms with E-state index in [1.54, 1.807) is 19.3 Å². The third-order valence-corrected chi connectivity index (χ3v) is 6.07. The van der Waals surface area contributed by atoms with E-state index >= 15 is 0 Å². The number of carbonyl (C=O) groups is 1. The highest BCUT2D eigenvalue weighted by Crippen LogP contribution is 2.37. The summed E-state index contributed by atoms with van der Waals surface area (Å²) in [5.41, 5.74) is 3.19. The number of benzene rings is 4. The number of hydrazone groups is 1. The standard InChI is InChI=1S/C29H24N2O3/c1-34-23-15-12-22(13-16-23)27-19-26(25-17-14-21-9-5-6-10-24(21)29(25)33)30-31(27)28(32)18-11-20-7-3-2-4-8-20/h2-18,27,33H,19H2,1H3/b18-11+/t27-/m0/s1. The van der Waals surface area contributed by atoms with E-state index in [-0.39, 0.29) is 17.7 Å². The number of aromatic hydroxyl groups is 1. The molecule has 5 rings (SSSR count). The number of fused-ring (bicyclic) bond motifs is 1. The van der Waals surface area contributed by atoms with Crippen LogP contribution < -0.4 is 4.74 Å². The summed E-state index contributed by atoms with van der Waals surface area (Å²) in [5.74, 6) is 0.705. The van der Waals surface area contributed by atoms with Crippen LogP contribution in [0.5, 0.6) is 11.5 Å². The fourth-order valence-electron chi connectivity index (χ4n) is 4.26. The Balaban J connectivity index is 1.52. The van der Waals surface area contributed by atoms with Crippen molar-refractivity contribution in [1.82, 2.24) is 5.01 Å². The van der Waals surface area contributed by atoms with Gasteiger partial charge in [0.1, 0.15) is 11.5 Å². The number of ether oxygens (including phenoxy) is 1. The van der Waals surface area contributed by atoms with Crippen LogP contribution in [0.25, 0.3) is 16.8 Å². The summed E-state index contributed by atoms with van der Waals surface area (Å²) in [6, 6.07) is 28.6. The maximum Gasteiger partial charge on any atom is 0.267 e. The van der Waals surface area contributed by atoms with Gasteiger partial charge in [0, 0.05) is 23.4 Å². The van der Waals surface area contributed by atoms with Gasteiger partial charge in [-0.05, 0) is 40.8 Å². The summed E-state index contributed by atoms with van der Waals surface area (Å²) in [5, 5.41) is 18.9. The molecule has 0 radical (unpaired) electrons. The van der Waals surface area contributed by atoms with Crippen LogP contribution >= 0.6 is 0 Å². The van der Waals surface area contributed by atoms with E-state index in [0.29, 0.717) is 17.7 Å². The van der Waals surface area contributed by atoms with E-state index in [9.17, 15) is 9.90 Å². The van der Waals surface area contributed by atoms with E-state index in [0.717, 1.165) is 27.6 Å². The van der Waals surface area contributed by atoms with E-state index in [2.05, 4.69) is 0 Å². The average Bonchev–Trinajstić information content (AvgIpc) is 3.33.